The third-order valence-corrected chi connectivity index (χ3v) is 4.60. The maximum absolute atomic E-state index is 8.87. The van der Waals surface area contributed by atoms with Crippen molar-refractivity contribution < 1.29 is 4.74 Å². The van der Waals surface area contributed by atoms with Crippen molar-refractivity contribution in [3.8, 4) is 11.8 Å². The highest BCUT2D eigenvalue weighted by atomic mass is 35.5. The van der Waals surface area contributed by atoms with Gasteiger partial charge in [0.25, 0.3) is 0 Å². The first-order valence-corrected chi connectivity index (χ1v) is 7.75. The summed E-state index contributed by atoms with van der Waals surface area (Å²) in [6.07, 6.45) is 3.81. The lowest BCUT2D eigenvalue weighted by Crippen LogP contribution is -2.36. The van der Waals surface area contributed by atoms with E-state index in [1.54, 1.807) is 12.1 Å². The minimum absolute atomic E-state index is 0.226. The Balaban J connectivity index is 2.16. The molecule has 3 atom stereocenters. The first kappa shape index (κ1) is 15.2. The first-order chi connectivity index (χ1) is 9.51. The van der Waals surface area contributed by atoms with E-state index in [0.717, 1.165) is 6.42 Å². The Kier molecular flexibility index (Phi) is 4.94. The van der Waals surface area contributed by atoms with Crippen LogP contribution in [-0.2, 0) is 0 Å². The summed E-state index contributed by atoms with van der Waals surface area (Å²) in [6.45, 7) is 6.81. The van der Waals surface area contributed by atoms with Gasteiger partial charge in [-0.2, -0.15) is 5.26 Å². The van der Waals surface area contributed by atoms with Gasteiger partial charge in [0.1, 0.15) is 11.9 Å². The second-order valence-electron chi connectivity index (χ2n) is 6.24. The molecule has 1 aliphatic rings. The number of nitriles is 1. The van der Waals surface area contributed by atoms with E-state index >= 15 is 0 Å². The Morgan fingerprint density at radius 1 is 1.35 bits per heavy atom. The zero-order valence-corrected chi connectivity index (χ0v) is 13.2. The van der Waals surface area contributed by atoms with Crippen LogP contribution >= 0.6 is 11.6 Å². The third kappa shape index (κ3) is 3.46. The van der Waals surface area contributed by atoms with E-state index in [4.69, 9.17) is 21.6 Å². The highest BCUT2D eigenvalue weighted by molar-refractivity contribution is 6.32. The number of rotatable bonds is 3. The average Bonchev–Trinajstić information content (AvgIpc) is 2.40. The zero-order valence-electron chi connectivity index (χ0n) is 12.4. The summed E-state index contributed by atoms with van der Waals surface area (Å²) >= 11 is 6.21. The predicted octanol–water partition coefficient (Wildman–Crippen LogP) is 5.05. The van der Waals surface area contributed by atoms with Crippen molar-refractivity contribution in [2.75, 3.05) is 0 Å². The van der Waals surface area contributed by atoms with Crippen LogP contribution in [0, 0.1) is 29.1 Å². The van der Waals surface area contributed by atoms with Gasteiger partial charge >= 0.3 is 0 Å². The van der Waals surface area contributed by atoms with E-state index in [-0.39, 0.29) is 6.10 Å². The predicted molar refractivity (Wildman–Crippen MR) is 81.9 cm³/mol. The molecule has 1 aromatic rings. The van der Waals surface area contributed by atoms with Crippen LogP contribution in [-0.4, -0.2) is 6.10 Å². The Hall–Kier alpha value is -1.20. The van der Waals surface area contributed by atoms with E-state index in [1.807, 2.05) is 6.07 Å². The van der Waals surface area contributed by atoms with Gasteiger partial charge < -0.3 is 4.74 Å². The molecule has 108 valence electrons. The maximum atomic E-state index is 8.87. The molecule has 0 heterocycles. The van der Waals surface area contributed by atoms with Gasteiger partial charge in [0.05, 0.1) is 16.7 Å². The Morgan fingerprint density at radius 2 is 2.10 bits per heavy atom. The monoisotopic (exact) mass is 291 g/mol. The highest BCUT2D eigenvalue weighted by Crippen LogP contribution is 2.37. The molecule has 0 unspecified atom stereocenters. The van der Waals surface area contributed by atoms with Gasteiger partial charge in [-0.3, -0.25) is 0 Å². The molecule has 2 nitrogen and oxygen atoms in total. The molecule has 1 saturated carbocycles. The van der Waals surface area contributed by atoms with Crippen molar-refractivity contribution in [1.29, 1.82) is 5.26 Å². The highest BCUT2D eigenvalue weighted by Gasteiger charge is 2.32. The number of benzene rings is 1. The molecule has 0 N–H and O–H groups in total. The van der Waals surface area contributed by atoms with E-state index in [9.17, 15) is 0 Å². The number of ether oxygens (including phenoxy) is 1. The first-order valence-electron chi connectivity index (χ1n) is 7.37. The summed E-state index contributed by atoms with van der Waals surface area (Å²) in [4.78, 5) is 0. The summed E-state index contributed by atoms with van der Waals surface area (Å²) in [5, 5.41) is 9.41. The van der Waals surface area contributed by atoms with Crippen LogP contribution in [0.5, 0.6) is 5.75 Å². The fourth-order valence-corrected chi connectivity index (χ4v) is 3.30. The molecule has 0 saturated heterocycles. The van der Waals surface area contributed by atoms with Crippen molar-refractivity contribution >= 4 is 11.6 Å². The normalized spacial score (nSPS) is 26.3. The van der Waals surface area contributed by atoms with Crippen LogP contribution in [0.4, 0.5) is 0 Å². The van der Waals surface area contributed by atoms with Crippen LogP contribution in [0.1, 0.15) is 45.6 Å². The molecule has 1 aliphatic carbocycles. The van der Waals surface area contributed by atoms with Crippen molar-refractivity contribution in [3.63, 3.8) is 0 Å². The lowest BCUT2D eigenvalue weighted by atomic mass is 9.75. The molecule has 0 amide bonds. The Bertz CT molecular complexity index is 506. The summed E-state index contributed by atoms with van der Waals surface area (Å²) in [5.74, 6) is 2.60. The molecular weight excluding hydrogens is 270 g/mol. The van der Waals surface area contributed by atoms with E-state index in [1.165, 1.54) is 12.8 Å². The average molecular weight is 292 g/mol. The zero-order chi connectivity index (χ0) is 14.7. The smallest absolute Gasteiger partial charge is 0.138 e. The largest absolute Gasteiger partial charge is 0.489 e. The van der Waals surface area contributed by atoms with Gasteiger partial charge in [-0.15, -0.1) is 0 Å². The van der Waals surface area contributed by atoms with E-state index in [2.05, 4.69) is 26.8 Å². The van der Waals surface area contributed by atoms with E-state index in [0.29, 0.717) is 34.1 Å². The number of hydrogen-bond donors (Lipinski definition) is 0. The SMILES string of the molecule is CC(C)[C@H]1CC[C@H](C)C[C@@H]1Oc1ccc(C#N)cc1Cl. The molecule has 0 aromatic heterocycles. The van der Waals surface area contributed by atoms with Gasteiger partial charge in [0.2, 0.25) is 0 Å². The standard InChI is InChI=1S/C17H22ClNO/c1-11(2)14-6-4-12(3)8-17(14)20-16-7-5-13(10-19)9-15(16)18/h5,7,9,11-12,14,17H,4,6,8H2,1-3H3/t12-,14+,17-/m0/s1. The van der Waals surface area contributed by atoms with Crippen molar-refractivity contribution in [3.05, 3.63) is 28.8 Å². The van der Waals surface area contributed by atoms with Crippen molar-refractivity contribution in [2.24, 2.45) is 17.8 Å². The van der Waals surface area contributed by atoms with Crippen molar-refractivity contribution in [1.82, 2.24) is 0 Å². The Morgan fingerprint density at radius 3 is 2.70 bits per heavy atom. The number of hydrogen-bond acceptors (Lipinski definition) is 2. The van der Waals surface area contributed by atoms with Crippen LogP contribution in [0.25, 0.3) is 0 Å². The summed E-state index contributed by atoms with van der Waals surface area (Å²) in [7, 11) is 0. The van der Waals surface area contributed by atoms with Gasteiger partial charge in [-0.05, 0) is 48.8 Å². The van der Waals surface area contributed by atoms with E-state index < -0.39 is 0 Å². The quantitative estimate of drug-likeness (QED) is 0.780. The fourth-order valence-electron chi connectivity index (χ4n) is 3.08. The second-order valence-corrected chi connectivity index (χ2v) is 6.65. The molecular formula is C17H22ClNO. The van der Waals surface area contributed by atoms with Crippen molar-refractivity contribution in [2.45, 2.75) is 46.1 Å². The molecule has 2 rings (SSSR count). The third-order valence-electron chi connectivity index (χ3n) is 4.30. The van der Waals surface area contributed by atoms with Gasteiger partial charge in [-0.1, -0.05) is 38.8 Å². The minimum Gasteiger partial charge on any atom is -0.489 e. The number of nitrogens with zero attached hydrogens (tertiary/aromatic N) is 1. The van der Waals surface area contributed by atoms with Crippen LogP contribution in [0.15, 0.2) is 18.2 Å². The molecule has 0 spiro atoms. The van der Waals surface area contributed by atoms with Gasteiger partial charge in [-0.25, -0.2) is 0 Å². The molecule has 1 aromatic carbocycles. The number of halogens is 1. The second kappa shape index (κ2) is 6.50. The molecule has 0 aliphatic heterocycles. The molecule has 3 heteroatoms. The maximum Gasteiger partial charge on any atom is 0.138 e. The topological polar surface area (TPSA) is 33.0 Å². The summed E-state index contributed by atoms with van der Waals surface area (Å²) in [6, 6.07) is 7.35. The lowest BCUT2D eigenvalue weighted by Gasteiger charge is -2.37. The molecule has 0 bridgehead atoms. The van der Waals surface area contributed by atoms with Crippen LogP contribution < -0.4 is 4.74 Å². The lowest BCUT2D eigenvalue weighted by molar-refractivity contribution is 0.0461. The van der Waals surface area contributed by atoms with Gasteiger partial charge in [0, 0.05) is 0 Å². The van der Waals surface area contributed by atoms with Gasteiger partial charge in [0.15, 0.2) is 0 Å². The van der Waals surface area contributed by atoms with Crippen LogP contribution in [0.2, 0.25) is 5.02 Å². The Labute approximate surface area is 126 Å². The molecule has 20 heavy (non-hydrogen) atoms. The molecule has 0 radical (unpaired) electrons. The summed E-state index contributed by atoms with van der Waals surface area (Å²) < 4.78 is 6.19. The minimum atomic E-state index is 0.226. The summed E-state index contributed by atoms with van der Waals surface area (Å²) in [5.41, 5.74) is 0.569. The van der Waals surface area contributed by atoms with Crippen LogP contribution in [0.3, 0.4) is 0 Å². The molecule has 1 fully saturated rings. The fraction of sp³-hybridized carbons (Fsp3) is 0.588.